The van der Waals surface area contributed by atoms with Crippen LogP contribution in [0.3, 0.4) is 0 Å². The Morgan fingerprint density at radius 2 is 1.59 bits per heavy atom. The topological polar surface area (TPSA) is 3.24 Å². The minimum absolute atomic E-state index is 0. The number of unbranched alkanes of at least 4 members (excludes halogenated alkanes) is 2. The fourth-order valence-corrected chi connectivity index (χ4v) is 1.89. The molecule has 1 aromatic rings. The van der Waals surface area contributed by atoms with Crippen LogP contribution in [0.1, 0.15) is 45.1 Å². The van der Waals surface area contributed by atoms with Gasteiger partial charge in [0, 0.05) is 18.8 Å². The number of hydrogen-bond acceptors (Lipinski definition) is 1. The van der Waals surface area contributed by atoms with Gasteiger partial charge in [0.1, 0.15) is 0 Å². The minimum Gasteiger partial charge on any atom is -0.372 e. The number of hydrogen-bond donors (Lipinski definition) is 0. The molecular weight excluding hydrogens is 201 g/mol. The van der Waals surface area contributed by atoms with Crippen LogP contribution in [0.25, 0.3) is 0 Å². The van der Waals surface area contributed by atoms with Crippen LogP contribution in [0.4, 0.5) is 5.69 Å². The van der Waals surface area contributed by atoms with Crippen molar-refractivity contribution in [2.24, 2.45) is 0 Å². The number of benzene rings is 1. The smallest absolute Gasteiger partial charge is 0.372 e. The number of rotatable bonds is 7. The standard InChI is InChI=1S/C15H25N.Li/c1-4-6-11-16(12-7-5-2)15-10-8-9-14(3)13-15;/h8-10,13H,4-7,11-12H2,1-3H3;/q;+1. The molecule has 0 saturated carbocycles. The maximum atomic E-state index is 2.53. The van der Waals surface area contributed by atoms with Gasteiger partial charge in [-0.05, 0) is 37.5 Å². The first-order valence-corrected chi connectivity index (χ1v) is 6.59. The molecule has 90 valence electrons. The molecule has 0 unspecified atom stereocenters. The van der Waals surface area contributed by atoms with Crippen molar-refractivity contribution >= 4 is 5.69 Å². The largest absolute Gasteiger partial charge is 1.00 e. The third kappa shape index (κ3) is 6.20. The molecule has 1 aromatic carbocycles. The van der Waals surface area contributed by atoms with Gasteiger partial charge in [0.2, 0.25) is 0 Å². The van der Waals surface area contributed by atoms with Crippen LogP contribution >= 0.6 is 0 Å². The van der Waals surface area contributed by atoms with Crippen LogP contribution in [-0.4, -0.2) is 13.1 Å². The van der Waals surface area contributed by atoms with Crippen LogP contribution in [0.5, 0.6) is 0 Å². The van der Waals surface area contributed by atoms with E-state index >= 15 is 0 Å². The van der Waals surface area contributed by atoms with Crippen molar-refractivity contribution in [3.05, 3.63) is 29.8 Å². The second kappa shape index (κ2) is 9.63. The Bertz CT molecular complexity index is 291. The second-order valence-electron chi connectivity index (χ2n) is 4.53. The molecule has 2 heteroatoms. The first kappa shape index (κ1) is 16.6. The van der Waals surface area contributed by atoms with Gasteiger partial charge in [-0.15, -0.1) is 0 Å². The molecule has 1 nitrogen and oxygen atoms in total. The summed E-state index contributed by atoms with van der Waals surface area (Å²) in [5.41, 5.74) is 2.75. The summed E-state index contributed by atoms with van der Waals surface area (Å²) in [5.74, 6) is 0. The molecular formula is C15H25LiN+. The molecule has 0 aliphatic rings. The normalized spacial score (nSPS) is 9.82. The van der Waals surface area contributed by atoms with Gasteiger partial charge in [-0.2, -0.15) is 0 Å². The summed E-state index contributed by atoms with van der Waals surface area (Å²) in [6.45, 7) is 9.07. The van der Waals surface area contributed by atoms with Gasteiger partial charge < -0.3 is 4.90 Å². The predicted molar refractivity (Wildman–Crippen MR) is 73.2 cm³/mol. The minimum atomic E-state index is 0. The Hall–Kier alpha value is -0.383. The van der Waals surface area contributed by atoms with Crippen LogP contribution in [0, 0.1) is 6.92 Å². The van der Waals surface area contributed by atoms with Crippen molar-refractivity contribution in [3.8, 4) is 0 Å². The summed E-state index contributed by atoms with van der Waals surface area (Å²) in [6, 6.07) is 8.86. The third-order valence-corrected chi connectivity index (χ3v) is 2.93. The quantitative estimate of drug-likeness (QED) is 0.635. The predicted octanol–water partition coefficient (Wildman–Crippen LogP) is 1.41. The zero-order valence-electron chi connectivity index (χ0n) is 12.0. The van der Waals surface area contributed by atoms with E-state index in [2.05, 4.69) is 49.9 Å². The summed E-state index contributed by atoms with van der Waals surface area (Å²) < 4.78 is 0. The van der Waals surface area contributed by atoms with Crippen LogP contribution in [-0.2, 0) is 0 Å². The molecule has 0 atom stereocenters. The molecule has 0 aliphatic heterocycles. The number of aryl methyl sites for hydroxylation is 1. The van der Waals surface area contributed by atoms with E-state index in [1.165, 1.54) is 50.0 Å². The van der Waals surface area contributed by atoms with Crippen molar-refractivity contribution < 1.29 is 18.9 Å². The van der Waals surface area contributed by atoms with Gasteiger partial charge in [-0.25, -0.2) is 0 Å². The molecule has 0 aromatic heterocycles. The SMILES string of the molecule is CCCCN(CCCC)c1cccc(C)c1.[Li+]. The van der Waals surface area contributed by atoms with Crippen molar-refractivity contribution in [1.29, 1.82) is 0 Å². The summed E-state index contributed by atoms with van der Waals surface area (Å²) in [5, 5.41) is 0. The maximum absolute atomic E-state index is 2.53. The Labute approximate surface area is 119 Å². The Balaban J connectivity index is 0.00000256. The molecule has 0 fully saturated rings. The number of anilines is 1. The van der Waals surface area contributed by atoms with Crippen LogP contribution in [0.2, 0.25) is 0 Å². The molecule has 0 heterocycles. The van der Waals surface area contributed by atoms with E-state index in [9.17, 15) is 0 Å². The average Bonchev–Trinajstić information content (AvgIpc) is 2.29. The Morgan fingerprint density at radius 3 is 2.06 bits per heavy atom. The van der Waals surface area contributed by atoms with Gasteiger partial charge in [0.25, 0.3) is 0 Å². The Kier molecular flexibility index (Phi) is 9.41. The molecule has 0 aliphatic carbocycles. The van der Waals surface area contributed by atoms with E-state index in [0.29, 0.717) is 0 Å². The molecule has 0 amide bonds. The summed E-state index contributed by atoms with van der Waals surface area (Å²) in [4.78, 5) is 2.53. The van der Waals surface area contributed by atoms with Crippen LogP contribution < -0.4 is 23.8 Å². The van der Waals surface area contributed by atoms with Gasteiger partial charge in [0.05, 0.1) is 0 Å². The molecule has 0 bridgehead atoms. The van der Waals surface area contributed by atoms with Crippen LogP contribution in [0.15, 0.2) is 24.3 Å². The Morgan fingerprint density at radius 1 is 1.00 bits per heavy atom. The first-order chi connectivity index (χ1) is 7.77. The molecule has 1 rings (SSSR count). The van der Waals surface area contributed by atoms with E-state index < -0.39 is 0 Å². The molecule has 17 heavy (non-hydrogen) atoms. The van der Waals surface area contributed by atoms with E-state index in [0.717, 1.165) is 0 Å². The van der Waals surface area contributed by atoms with Crippen molar-refractivity contribution in [2.75, 3.05) is 18.0 Å². The zero-order chi connectivity index (χ0) is 11.8. The molecule has 0 N–H and O–H groups in total. The molecule has 0 radical (unpaired) electrons. The molecule has 0 saturated heterocycles. The van der Waals surface area contributed by atoms with E-state index in [1.54, 1.807) is 0 Å². The van der Waals surface area contributed by atoms with Crippen molar-refractivity contribution in [2.45, 2.75) is 46.5 Å². The fourth-order valence-electron chi connectivity index (χ4n) is 1.89. The number of nitrogens with zero attached hydrogens (tertiary/aromatic N) is 1. The average molecular weight is 226 g/mol. The summed E-state index contributed by atoms with van der Waals surface area (Å²) in [7, 11) is 0. The maximum Gasteiger partial charge on any atom is 1.00 e. The first-order valence-electron chi connectivity index (χ1n) is 6.59. The fraction of sp³-hybridized carbons (Fsp3) is 0.600. The molecule has 0 spiro atoms. The van der Waals surface area contributed by atoms with Gasteiger partial charge in [0.15, 0.2) is 0 Å². The van der Waals surface area contributed by atoms with E-state index in [1.807, 2.05) is 0 Å². The summed E-state index contributed by atoms with van der Waals surface area (Å²) in [6.07, 6.45) is 5.12. The third-order valence-electron chi connectivity index (χ3n) is 2.93. The van der Waals surface area contributed by atoms with Crippen molar-refractivity contribution in [1.82, 2.24) is 0 Å². The zero-order valence-corrected chi connectivity index (χ0v) is 12.0. The summed E-state index contributed by atoms with van der Waals surface area (Å²) >= 11 is 0. The van der Waals surface area contributed by atoms with Gasteiger partial charge in [-0.1, -0.05) is 38.8 Å². The van der Waals surface area contributed by atoms with Crippen molar-refractivity contribution in [3.63, 3.8) is 0 Å². The van der Waals surface area contributed by atoms with E-state index in [4.69, 9.17) is 0 Å². The van der Waals surface area contributed by atoms with Gasteiger partial charge >= 0.3 is 18.9 Å². The van der Waals surface area contributed by atoms with E-state index in [-0.39, 0.29) is 18.9 Å². The second-order valence-corrected chi connectivity index (χ2v) is 4.53. The monoisotopic (exact) mass is 226 g/mol. The van der Waals surface area contributed by atoms with Gasteiger partial charge in [-0.3, -0.25) is 0 Å².